The lowest BCUT2D eigenvalue weighted by molar-refractivity contribution is -0.288. The van der Waals surface area contributed by atoms with Crippen molar-refractivity contribution in [2.75, 3.05) is 11.9 Å². The standard InChI is InChI=1S/C37H24F6N4O5/c1-17-5-6-20(13-18(17)2)29-44-45-30(52-29)21-7-12-28(19(3)14-21)47-33(50)25-11-9-23(16-27(25)34(47)51)35(36(38,39)40,37(41,42)43)22-8-10-24-26(15-22)32(49)46(4)31(24)48/h5-16H,1-4H3. The Morgan fingerprint density at radius 3 is 1.52 bits per heavy atom. The maximum Gasteiger partial charge on any atom is 0.411 e. The summed E-state index contributed by atoms with van der Waals surface area (Å²) in [4.78, 5) is 53.4. The number of carbonyl (C=O) groups excluding carboxylic acids is 4. The summed E-state index contributed by atoms with van der Waals surface area (Å²) >= 11 is 0. The van der Waals surface area contributed by atoms with E-state index >= 15 is 26.3 Å². The summed E-state index contributed by atoms with van der Waals surface area (Å²) < 4.78 is 95.9. The van der Waals surface area contributed by atoms with E-state index in [9.17, 15) is 19.2 Å². The normalized spacial score (nSPS) is 14.8. The van der Waals surface area contributed by atoms with Gasteiger partial charge in [-0.15, -0.1) is 10.2 Å². The van der Waals surface area contributed by atoms with Crippen molar-refractivity contribution in [3.63, 3.8) is 0 Å². The van der Waals surface area contributed by atoms with E-state index in [0.717, 1.165) is 30.3 Å². The minimum Gasteiger partial charge on any atom is -0.416 e. The van der Waals surface area contributed by atoms with Gasteiger partial charge in [0.25, 0.3) is 23.6 Å². The Bertz CT molecular complexity index is 2380. The van der Waals surface area contributed by atoms with Gasteiger partial charge in [0.2, 0.25) is 17.2 Å². The highest BCUT2D eigenvalue weighted by molar-refractivity contribution is 6.34. The average Bonchev–Trinajstić information content (AvgIpc) is 3.72. The van der Waals surface area contributed by atoms with Crippen LogP contribution in [0.4, 0.5) is 32.0 Å². The van der Waals surface area contributed by atoms with Crippen LogP contribution in [-0.2, 0) is 5.41 Å². The van der Waals surface area contributed by atoms with Crippen LogP contribution in [0.25, 0.3) is 22.9 Å². The Balaban J connectivity index is 1.27. The van der Waals surface area contributed by atoms with Crippen molar-refractivity contribution in [1.29, 1.82) is 0 Å². The summed E-state index contributed by atoms with van der Waals surface area (Å²) in [6.45, 7) is 5.43. The van der Waals surface area contributed by atoms with Gasteiger partial charge >= 0.3 is 12.4 Å². The third kappa shape index (κ3) is 4.86. The SMILES string of the molecule is Cc1ccc(-c2nnc(-c3ccc(N4C(=O)c5ccc(C(c6ccc7c(c6)C(=O)N(C)C7=O)(C(F)(F)F)C(F)(F)F)cc5C4=O)c(C)c3)o2)cc1C. The predicted octanol–water partition coefficient (Wildman–Crippen LogP) is 7.77. The van der Waals surface area contributed by atoms with Crippen molar-refractivity contribution in [2.24, 2.45) is 0 Å². The van der Waals surface area contributed by atoms with E-state index in [2.05, 4.69) is 10.2 Å². The molecule has 264 valence electrons. The molecular weight excluding hydrogens is 694 g/mol. The third-order valence-corrected chi connectivity index (χ3v) is 9.56. The van der Waals surface area contributed by atoms with Gasteiger partial charge in [-0.2, -0.15) is 26.3 Å². The zero-order valence-corrected chi connectivity index (χ0v) is 27.5. The molecule has 2 aliphatic rings. The molecule has 0 aliphatic carbocycles. The number of hydrogen-bond donors (Lipinski definition) is 0. The Hall–Kier alpha value is -6.12. The summed E-state index contributed by atoms with van der Waals surface area (Å²) in [5.41, 5.74) is -6.13. The first-order valence-electron chi connectivity index (χ1n) is 15.5. The number of aryl methyl sites for hydroxylation is 3. The maximum absolute atomic E-state index is 15.0. The van der Waals surface area contributed by atoms with Crippen LogP contribution < -0.4 is 4.90 Å². The van der Waals surface area contributed by atoms with Crippen molar-refractivity contribution in [2.45, 2.75) is 38.5 Å². The van der Waals surface area contributed by atoms with Crippen LogP contribution in [-0.4, -0.2) is 58.1 Å². The van der Waals surface area contributed by atoms with E-state index < -0.39 is 69.2 Å². The molecule has 0 saturated carbocycles. The lowest BCUT2D eigenvalue weighted by atomic mass is 9.71. The van der Waals surface area contributed by atoms with Gasteiger partial charge in [-0.05, 0) is 103 Å². The molecule has 3 heterocycles. The lowest BCUT2D eigenvalue weighted by Gasteiger charge is -2.38. The molecule has 9 nitrogen and oxygen atoms in total. The number of hydrogen-bond acceptors (Lipinski definition) is 7. The lowest BCUT2D eigenvalue weighted by Crippen LogP contribution is -2.55. The number of aromatic nitrogens is 2. The fourth-order valence-electron chi connectivity index (χ4n) is 6.64. The van der Waals surface area contributed by atoms with Crippen molar-refractivity contribution in [3.8, 4) is 22.9 Å². The van der Waals surface area contributed by atoms with Gasteiger partial charge in [0.1, 0.15) is 0 Å². The van der Waals surface area contributed by atoms with Crippen LogP contribution in [0.15, 0.2) is 77.2 Å². The maximum atomic E-state index is 15.0. The molecule has 1 aromatic heterocycles. The van der Waals surface area contributed by atoms with E-state index in [4.69, 9.17) is 4.42 Å². The molecule has 0 radical (unpaired) electrons. The molecule has 0 saturated heterocycles. The van der Waals surface area contributed by atoms with E-state index in [-0.39, 0.29) is 23.0 Å². The summed E-state index contributed by atoms with van der Waals surface area (Å²) in [6.07, 6.45) is -12.1. The first-order chi connectivity index (χ1) is 24.4. The van der Waals surface area contributed by atoms with Gasteiger partial charge in [0.05, 0.1) is 27.9 Å². The average molecular weight is 719 g/mol. The number of carbonyl (C=O) groups is 4. The van der Waals surface area contributed by atoms with Gasteiger partial charge in [-0.3, -0.25) is 24.1 Å². The van der Waals surface area contributed by atoms with Gasteiger partial charge in [0.15, 0.2) is 0 Å². The second-order valence-electron chi connectivity index (χ2n) is 12.6. The number of halogens is 6. The topological polar surface area (TPSA) is 114 Å². The van der Waals surface area contributed by atoms with E-state index in [1.54, 1.807) is 6.92 Å². The second kappa shape index (κ2) is 11.4. The first-order valence-corrected chi connectivity index (χ1v) is 15.5. The molecule has 7 rings (SSSR count). The second-order valence-corrected chi connectivity index (χ2v) is 12.6. The molecule has 2 aliphatic heterocycles. The van der Waals surface area contributed by atoms with Crippen molar-refractivity contribution in [3.05, 3.63) is 123 Å². The van der Waals surface area contributed by atoms with Crippen LogP contribution in [0.5, 0.6) is 0 Å². The van der Waals surface area contributed by atoms with Crippen molar-refractivity contribution in [1.82, 2.24) is 15.1 Å². The van der Waals surface area contributed by atoms with E-state index in [1.807, 2.05) is 32.0 Å². The Morgan fingerprint density at radius 2 is 1.00 bits per heavy atom. The summed E-state index contributed by atoms with van der Waals surface area (Å²) in [5.74, 6) is -3.71. The summed E-state index contributed by atoms with van der Waals surface area (Å²) in [6, 6.07) is 13.2. The fourth-order valence-corrected chi connectivity index (χ4v) is 6.64. The molecule has 0 bridgehead atoms. The van der Waals surface area contributed by atoms with Gasteiger partial charge in [-0.1, -0.05) is 18.2 Å². The molecule has 0 spiro atoms. The van der Waals surface area contributed by atoms with Crippen LogP contribution in [0, 0.1) is 20.8 Å². The molecule has 4 amide bonds. The van der Waals surface area contributed by atoms with Crippen LogP contribution in [0.3, 0.4) is 0 Å². The number of fused-ring (bicyclic) bond motifs is 2. The molecule has 15 heteroatoms. The molecule has 52 heavy (non-hydrogen) atoms. The number of imide groups is 2. The monoisotopic (exact) mass is 718 g/mol. The number of rotatable bonds is 5. The molecule has 0 fully saturated rings. The Labute approximate surface area is 290 Å². The number of benzene rings is 4. The number of amides is 4. The third-order valence-electron chi connectivity index (χ3n) is 9.56. The van der Waals surface area contributed by atoms with Crippen LogP contribution >= 0.6 is 0 Å². The zero-order valence-electron chi connectivity index (χ0n) is 27.5. The quantitative estimate of drug-likeness (QED) is 0.135. The number of anilines is 1. The minimum atomic E-state index is -6.07. The molecule has 0 atom stereocenters. The summed E-state index contributed by atoms with van der Waals surface area (Å²) in [5, 5.41) is 8.18. The largest absolute Gasteiger partial charge is 0.416 e. The Morgan fingerprint density at radius 1 is 0.538 bits per heavy atom. The Kier molecular flexibility index (Phi) is 7.56. The molecule has 0 unspecified atom stereocenters. The highest BCUT2D eigenvalue weighted by atomic mass is 19.4. The molecular formula is C37H24F6N4O5. The number of nitrogens with zero attached hydrogens (tertiary/aromatic N) is 4. The summed E-state index contributed by atoms with van der Waals surface area (Å²) in [7, 11) is 1.05. The van der Waals surface area contributed by atoms with E-state index in [0.29, 0.717) is 50.8 Å². The van der Waals surface area contributed by atoms with Gasteiger partial charge in [0, 0.05) is 18.2 Å². The van der Waals surface area contributed by atoms with Gasteiger partial charge in [-0.25, -0.2) is 4.90 Å². The van der Waals surface area contributed by atoms with Gasteiger partial charge < -0.3 is 4.42 Å². The first kappa shape index (κ1) is 34.3. The number of alkyl halides is 6. The fraction of sp³-hybridized carbons (Fsp3) is 0.189. The molecule has 0 N–H and O–H groups in total. The predicted molar refractivity (Wildman–Crippen MR) is 173 cm³/mol. The van der Waals surface area contributed by atoms with Crippen LogP contribution in [0.2, 0.25) is 0 Å². The van der Waals surface area contributed by atoms with Crippen LogP contribution in [0.1, 0.15) is 69.2 Å². The smallest absolute Gasteiger partial charge is 0.411 e. The van der Waals surface area contributed by atoms with Crippen molar-refractivity contribution >= 4 is 29.3 Å². The van der Waals surface area contributed by atoms with E-state index in [1.165, 1.54) is 18.2 Å². The molecule has 4 aromatic carbocycles. The highest BCUT2D eigenvalue weighted by Crippen LogP contribution is 2.57. The highest BCUT2D eigenvalue weighted by Gasteiger charge is 2.73. The zero-order chi connectivity index (χ0) is 37.7. The van der Waals surface area contributed by atoms with Crippen molar-refractivity contribution < 1.29 is 49.9 Å². The molecule has 5 aromatic rings. The minimum absolute atomic E-state index is 0.0224.